The fourth-order valence-electron chi connectivity index (χ4n) is 3.94. The van der Waals surface area contributed by atoms with Crippen LogP contribution in [0.4, 0.5) is 11.4 Å². The highest BCUT2D eigenvalue weighted by Crippen LogP contribution is 2.41. The SMILES string of the molecule is CCN(CCNC(=O)CN1c2cccc3cccc(c23)S1(=O)=O)c1cccc(C)c1. The minimum Gasteiger partial charge on any atom is -0.370 e. The Morgan fingerprint density at radius 1 is 1.07 bits per heavy atom. The van der Waals surface area contributed by atoms with Gasteiger partial charge in [0.05, 0.1) is 10.6 Å². The molecule has 0 atom stereocenters. The summed E-state index contributed by atoms with van der Waals surface area (Å²) in [6.45, 7) is 5.79. The van der Waals surface area contributed by atoms with E-state index in [1.807, 2.05) is 43.3 Å². The Kier molecular flexibility index (Phi) is 5.39. The maximum absolute atomic E-state index is 13.0. The van der Waals surface area contributed by atoms with E-state index in [0.717, 1.165) is 17.6 Å². The largest absolute Gasteiger partial charge is 0.370 e. The van der Waals surface area contributed by atoms with Gasteiger partial charge in [0, 0.05) is 30.7 Å². The Labute approximate surface area is 177 Å². The van der Waals surface area contributed by atoms with Crippen molar-refractivity contribution in [2.75, 3.05) is 35.4 Å². The van der Waals surface area contributed by atoms with Crippen molar-refractivity contribution in [3.05, 3.63) is 66.2 Å². The van der Waals surface area contributed by atoms with Crippen LogP contribution in [0, 0.1) is 6.92 Å². The molecule has 0 fully saturated rings. The lowest BCUT2D eigenvalue weighted by molar-refractivity contribution is -0.119. The van der Waals surface area contributed by atoms with Gasteiger partial charge >= 0.3 is 0 Å². The zero-order valence-corrected chi connectivity index (χ0v) is 17.9. The highest BCUT2D eigenvalue weighted by atomic mass is 32.2. The summed E-state index contributed by atoms with van der Waals surface area (Å²) < 4.78 is 27.2. The lowest BCUT2D eigenvalue weighted by atomic mass is 10.1. The summed E-state index contributed by atoms with van der Waals surface area (Å²) in [4.78, 5) is 15.0. The number of nitrogens with one attached hydrogen (secondary N) is 1. The van der Waals surface area contributed by atoms with E-state index in [1.54, 1.807) is 18.2 Å². The van der Waals surface area contributed by atoms with Crippen LogP contribution < -0.4 is 14.5 Å². The molecule has 0 aliphatic carbocycles. The summed E-state index contributed by atoms with van der Waals surface area (Å²) in [5.74, 6) is -0.316. The normalized spacial score (nSPS) is 14.1. The van der Waals surface area contributed by atoms with Gasteiger partial charge in [0.15, 0.2) is 0 Å². The molecule has 1 heterocycles. The van der Waals surface area contributed by atoms with Gasteiger partial charge in [-0.15, -0.1) is 0 Å². The molecule has 156 valence electrons. The summed E-state index contributed by atoms with van der Waals surface area (Å²) >= 11 is 0. The number of nitrogens with zero attached hydrogens (tertiary/aromatic N) is 2. The van der Waals surface area contributed by atoms with Gasteiger partial charge in [0.25, 0.3) is 10.0 Å². The van der Waals surface area contributed by atoms with E-state index in [9.17, 15) is 13.2 Å². The molecule has 0 saturated carbocycles. The molecule has 1 aliphatic heterocycles. The summed E-state index contributed by atoms with van der Waals surface area (Å²) in [7, 11) is -3.73. The average molecular weight is 424 g/mol. The summed E-state index contributed by atoms with van der Waals surface area (Å²) in [6, 6.07) is 18.9. The Morgan fingerprint density at radius 2 is 1.80 bits per heavy atom. The molecule has 3 aromatic rings. The molecule has 0 aromatic heterocycles. The number of sulfonamides is 1. The molecule has 7 heteroatoms. The van der Waals surface area contributed by atoms with Crippen molar-refractivity contribution in [2.24, 2.45) is 0 Å². The standard InChI is InChI=1S/C23H25N3O3S/c1-3-25(19-10-4-7-17(2)15-19)14-13-24-22(27)16-26-20-11-5-8-18-9-6-12-21(23(18)20)30(26,28)29/h4-12,15H,3,13-14,16H2,1-2H3,(H,24,27). The van der Waals surface area contributed by atoms with E-state index >= 15 is 0 Å². The minimum atomic E-state index is -3.73. The number of likely N-dealkylation sites (N-methyl/N-ethyl adjacent to an activating group) is 1. The first kappa shape index (κ1) is 20.2. The lowest BCUT2D eigenvalue weighted by Gasteiger charge is -2.24. The highest BCUT2D eigenvalue weighted by molar-refractivity contribution is 7.93. The quantitative estimate of drug-likeness (QED) is 0.633. The van der Waals surface area contributed by atoms with Gasteiger partial charge in [0.2, 0.25) is 5.91 Å². The molecular weight excluding hydrogens is 398 g/mol. The molecule has 0 bridgehead atoms. The Hall–Kier alpha value is -3.06. The van der Waals surface area contributed by atoms with Crippen molar-refractivity contribution in [1.29, 1.82) is 0 Å². The molecule has 0 spiro atoms. The van der Waals surface area contributed by atoms with E-state index in [4.69, 9.17) is 0 Å². The first-order valence-electron chi connectivity index (χ1n) is 10.0. The van der Waals surface area contributed by atoms with Crippen molar-refractivity contribution in [3.8, 4) is 0 Å². The van der Waals surface area contributed by atoms with Crippen molar-refractivity contribution in [2.45, 2.75) is 18.7 Å². The topological polar surface area (TPSA) is 69.7 Å². The van der Waals surface area contributed by atoms with Gasteiger partial charge in [-0.2, -0.15) is 0 Å². The zero-order chi connectivity index (χ0) is 21.3. The number of carbonyl (C=O) groups excluding carboxylic acids is 1. The molecule has 4 rings (SSSR count). The number of hydrogen-bond donors (Lipinski definition) is 1. The van der Waals surface area contributed by atoms with Crippen molar-refractivity contribution in [1.82, 2.24) is 5.32 Å². The third kappa shape index (κ3) is 3.61. The van der Waals surface area contributed by atoms with Crippen molar-refractivity contribution < 1.29 is 13.2 Å². The van der Waals surface area contributed by atoms with Crippen LogP contribution in [-0.2, 0) is 14.8 Å². The molecule has 1 aliphatic rings. The zero-order valence-electron chi connectivity index (χ0n) is 17.1. The number of carbonyl (C=O) groups is 1. The smallest absolute Gasteiger partial charge is 0.265 e. The van der Waals surface area contributed by atoms with Crippen molar-refractivity contribution in [3.63, 3.8) is 0 Å². The first-order chi connectivity index (χ1) is 14.4. The van der Waals surface area contributed by atoms with Crippen LogP contribution in [0.25, 0.3) is 10.8 Å². The van der Waals surface area contributed by atoms with E-state index in [2.05, 4.69) is 23.2 Å². The molecule has 3 aromatic carbocycles. The monoisotopic (exact) mass is 423 g/mol. The van der Waals surface area contributed by atoms with Crippen LogP contribution in [0.1, 0.15) is 12.5 Å². The molecule has 0 saturated heterocycles. The van der Waals surface area contributed by atoms with Crippen LogP contribution in [0.2, 0.25) is 0 Å². The van der Waals surface area contributed by atoms with Gasteiger partial charge in [-0.05, 0) is 49.1 Å². The van der Waals surface area contributed by atoms with Crippen LogP contribution in [0.3, 0.4) is 0 Å². The molecule has 6 nitrogen and oxygen atoms in total. The maximum Gasteiger partial charge on any atom is 0.265 e. The number of anilines is 2. The number of benzene rings is 3. The van der Waals surface area contributed by atoms with Crippen LogP contribution in [0.15, 0.2) is 65.6 Å². The number of rotatable bonds is 7. The second-order valence-corrected chi connectivity index (χ2v) is 9.24. The van der Waals surface area contributed by atoms with E-state index in [0.29, 0.717) is 24.2 Å². The number of amides is 1. The third-order valence-electron chi connectivity index (χ3n) is 5.42. The van der Waals surface area contributed by atoms with Crippen LogP contribution >= 0.6 is 0 Å². The third-order valence-corrected chi connectivity index (χ3v) is 7.22. The first-order valence-corrected chi connectivity index (χ1v) is 11.5. The lowest BCUT2D eigenvalue weighted by Crippen LogP contribution is -2.41. The average Bonchev–Trinajstić information content (AvgIpc) is 2.94. The van der Waals surface area contributed by atoms with E-state index < -0.39 is 10.0 Å². The fraction of sp³-hybridized carbons (Fsp3) is 0.261. The number of hydrogen-bond acceptors (Lipinski definition) is 4. The minimum absolute atomic E-state index is 0.229. The Bertz CT molecular complexity index is 1200. The molecule has 1 amide bonds. The van der Waals surface area contributed by atoms with Gasteiger partial charge in [-0.1, -0.05) is 36.4 Å². The Morgan fingerprint density at radius 3 is 2.53 bits per heavy atom. The van der Waals surface area contributed by atoms with Gasteiger partial charge in [-0.3, -0.25) is 9.10 Å². The van der Waals surface area contributed by atoms with E-state index in [1.165, 1.54) is 9.87 Å². The summed E-state index contributed by atoms with van der Waals surface area (Å²) in [5.41, 5.74) is 2.85. The van der Waals surface area contributed by atoms with Crippen LogP contribution in [-0.4, -0.2) is 40.5 Å². The highest BCUT2D eigenvalue weighted by Gasteiger charge is 2.36. The van der Waals surface area contributed by atoms with Gasteiger partial charge < -0.3 is 10.2 Å². The maximum atomic E-state index is 13.0. The second kappa shape index (κ2) is 7.99. The fourth-order valence-corrected chi connectivity index (χ4v) is 5.61. The molecule has 0 unspecified atom stereocenters. The van der Waals surface area contributed by atoms with E-state index in [-0.39, 0.29) is 17.3 Å². The molecule has 30 heavy (non-hydrogen) atoms. The van der Waals surface area contributed by atoms with Crippen molar-refractivity contribution >= 4 is 38.1 Å². The second-order valence-electron chi connectivity index (χ2n) is 7.41. The predicted molar refractivity (Wildman–Crippen MR) is 121 cm³/mol. The Balaban J connectivity index is 1.43. The van der Waals surface area contributed by atoms with Crippen LogP contribution in [0.5, 0.6) is 0 Å². The molecule has 1 N–H and O–H groups in total. The van der Waals surface area contributed by atoms with Gasteiger partial charge in [-0.25, -0.2) is 8.42 Å². The predicted octanol–water partition coefficient (Wildman–Crippen LogP) is 3.30. The molecular formula is C23H25N3O3S. The van der Waals surface area contributed by atoms with Gasteiger partial charge in [0.1, 0.15) is 6.54 Å². The summed E-state index contributed by atoms with van der Waals surface area (Å²) in [6.07, 6.45) is 0. The molecule has 0 radical (unpaired) electrons. The number of aryl methyl sites for hydroxylation is 1. The summed E-state index contributed by atoms with van der Waals surface area (Å²) in [5, 5.41) is 4.41.